The maximum Gasteiger partial charge on any atom is 0.347 e. The molecule has 0 aliphatic heterocycles. The summed E-state index contributed by atoms with van der Waals surface area (Å²) in [5.41, 5.74) is 2.35. The highest BCUT2D eigenvalue weighted by atomic mass is 16.6. The quantitative estimate of drug-likeness (QED) is 0.735. The molecule has 16 heavy (non-hydrogen) atoms. The summed E-state index contributed by atoms with van der Waals surface area (Å²) in [5.74, 6) is 0.365. The Morgan fingerprint density at radius 1 is 1.31 bits per heavy atom. The van der Waals surface area contributed by atoms with Crippen molar-refractivity contribution in [2.75, 3.05) is 6.61 Å². The molecule has 0 fully saturated rings. The predicted octanol–water partition coefficient (Wildman–Crippen LogP) is 2.63. The van der Waals surface area contributed by atoms with Gasteiger partial charge in [0.05, 0.1) is 6.61 Å². The molecule has 0 radical (unpaired) electrons. The maximum atomic E-state index is 11.4. The average Bonchev–Trinajstić information content (AvgIpc) is 2.24. The van der Waals surface area contributed by atoms with Gasteiger partial charge in [-0.25, -0.2) is 4.79 Å². The Morgan fingerprint density at radius 2 is 2.00 bits per heavy atom. The fraction of sp³-hybridized carbons (Fsp3) is 0.462. The molecule has 0 unspecified atom stereocenters. The van der Waals surface area contributed by atoms with Crippen LogP contribution in [0.15, 0.2) is 18.2 Å². The van der Waals surface area contributed by atoms with Gasteiger partial charge in [0, 0.05) is 0 Å². The van der Waals surface area contributed by atoms with Crippen molar-refractivity contribution in [3.63, 3.8) is 0 Å². The number of hydrogen-bond acceptors (Lipinski definition) is 3. The molecule has 3 nitrogen and oxygen atoms in total. The van der Waals surface area contributed by atoms with Crippen LogP contribution in [0.5, 0.6) is 5.75 Å². The molecular weight excluding hydrogens is 204 g/mol. The van der Waals surface area contributed by atoms with Crippen molar-refractivity contribution < 1.29 is 14.3 Å². The largest absolute Gasteiger partial charge is 0.479 e. The first-order valence-corrected chi connectivity index (χ1v) is 5.45. The van der Waals surface area contributed by atoms with Crippen LogP contribution in [0.25, 0.3) is 0 Å². The highest BCUT2D eigenvalue weighted by Crippen LogP contribution is 2.17. The number of carbonyl (C=O) groups is 1. The fourth-order valence-corrected chi connectivity index (χ4v) is 1.30. The SMILES string of the molecule is CCOC(=O)[C@H](C)Oc1ccc(C)c(C)c1. The van der Waals surface area contributed by atoms with Crippen LogP contribution >= 0.6 is 0 Å². The molecule has 0 aliphatic carbocycles. The topological polar surface area (TPSA) is 35.5 Å². The zero-order valence-corrected chi connectivity index (χ0v) is 10.2. The van der Waals surface area contributed by atoms with Crippen molar-refractivity contribution in [1.29, 1.82) is 0 Å². The van der Waals surface area contributed by atoms with Crippen molar-refractivity contribution in [2.45, 2.75) is 33.8 Å². The first-order chi connectivity index (χ1) is 7.54. The molecule has 0 N–H and O–H groups in total. The van der Waals surface area contributed by atoms with Crippen molar-refractivity contribution in [2.24, 2.45) is 0 Å². The number of ether oxygens (including phenoxy) is 2. The van der Waals surface area contributed by atoms with Gasteiger partial charge in [-0.2, -0.15) is 0 Å². The van der Waals surface area contributed by atoms with Crippen LogP contribution in [-0.4, -0.2) is 18.7 Å². The van der Waals surface area contributed by atoms with Crippen LogP contribution < -0.4 is 4.74 Å². The molecule has 1 aromatic rings. The van der Waals surface area contributed by atoms with E-state index in [9.17, 15) is 4.79 Å². The average molecular weight is 222 g/mol. The molecule has 88 valence electrons. The molecule has 0 aliphatic rings. The van der Waals surface area contributed by atoms with Crippen molar-refractivity contribution in [1.82, 2.24) is 0 Å². The summed E-state index contributed by atoms with van der Waals surface area (Å²) in [6, 6.07) is 5.76. The third-order valence-electron chi connectivity index (χ3n) is 2.41. The molecule has 0 bridgehead atoms. The van der Waals surface area contributed by atoms with E-state index in [4.69, 9.17) is 9.47 Å². The van der Waals surface area contributed by atoms with Crippen molar-refractivity contribution in [3.8, 4) is 5.75 Å². The number of esters is 1. The second kappa shape index (κ2) is 5.54. The summed E-state index contributed by atoms with van der Waals surface area (Å²) in [6.45, 7) is 7.89. The Hall–Kier alpha value is -1.51. The van der Waals surface area contributed by atoms with E-state index in [-0.39, 0.29) is 5.97 Å². The van der Waals surface area contributed by atoms with Gasteiger partial charge in [0.2, 0.25) is 0 Å². The van der Waals surface area contributed by atoms with Gasteiger partial charge in [0.1, 0.15) is 5.75 Å². The molecule has 1 atom stereocenters. The van der Waals surface area contributed by atoms with E-state index >= 15 is 0 Å². The van der Waals surface area contributed by atoms with Crippen LogP contribution in [-0.2, 0) is 9.53 Å². The summed E-state index contributed by atoms with van der Waals surface area (Å²) in [4.78, 5) is 11.4. The first kappa shape index (κ1) is 12.6. The lowest BCUT2D eigenvalue weighted by molar-refractivity contribution is -0.150. The number of aryl methyl sites for hydroxylation is 2. The summed E-state index contributed by atoms with van der Waals surface area (Å²) >= 11 is 0. The number of benzene rings is 1. The molecule has 0 heterocycles. The van der Waals surface area contributed by atoms with Crippen LogP contribution in [0.4, 0.5) is 0 Å². The minimum absolute atomic E-state index is 0.333. The Kier molecular flexibility index (Phi) is 4.35. The van der Waals surface area contributed by atoms with E-state index in [0.717, 1.165) is 5.56 Å². The summed E-state index contributed by atoms with van der Waals surface area (Å²) < 4.78 is 10.4. The third kappa shape index (κ3) is 3.26. The Labute approximate surface area is 96.4 Å². The highest BCUT2D eigenvalue weighted by molar-refractivity contribution is 5.74. The van der Waals surface area contributed by atoms with Crippen LogP contribution in [0, 0.1) is 13.8 Å². The molecule has 0 saturated heterocycles. The molecule has 0 spiro atoms. The molecule has 1 rings (SSSR count). The van der Waals surface area contributed by atoms with E-state index in [1.165, 1.54) is 5.56 Å². The van der Waals surface area contributed by atoms with E-state index in [1.807, 2.05) is 32.0 Å². The first-order valence-electron chi connectivity index (χ1n) is 5.45. The summed E-state index contributed by atoms with van der Waals surface area (Å²) in [5, 5.41) is 0. The summed E-state index contributed by atoms with van der Waals surface area (Å²) in [7, 11) is 0. The zero-order valence-electron chi connectivity index (χ0n) is 10.2. The smallest absolute Gasteiger partial charge is 0.347 e. The molecule has 0 aromatic heterocycles. The maximum absolute atomic E-state index is 11.4. The monoisotopic (exact) mass is 222 g/mol. The van der Waals surface area contributed by atoms with E-state index in [0.29, 0.717) is 12.4 Å². The Bertz CT molecular complexity index is 371. The molecule has 0 saturated carbocycles. The van der Waals surface area contributed by atoms with Crippen LogP contribution in [0.2, 0.25) is 0 Å². The highest BCUT2D eigenvalue weighted by Gasteiger charge is 2.15. The van der Waals surface area contributed by atoms with Crippen LogP contribution in [0.1, 0.15) is 25.0 Å². The van der Waals surface area contributed by atoms with Gasteiger partial charge in [0.25, 0.3) is 0 Å². The zero-order chi connectivity index (χ0) is 12.1. The predicted molar refractivity (Wildman–Crippen MR) is 62.6 cm³/mol. The Balaban J connectivity index is 2.66. The van der Waals surface area contributed by atoms with E-state index in [2.05, 4.69) is 0 Å². The van der Waals surface area contributed by atoms with Gasteiger partial charge in [0.15, 0.2) is 6.10 Å². The lowest BCUT2D eigenvalue weighted by Gasteiger charge is -2.14. The normalized spacial score (nSPS) is 12.0. The minimum atomic E-state index is -0.568. The third-order valence-corrected chi connectivity index (χ3v) is 2.41. The van der Waals surface area contributed by atoms with Gasteiger partial charge >= 0.3 is 5.97 Å². The van der Waals surface area contributed by atoms with Gasteiger partial charge in [-0.1, -0.05) is 6.07 Å². The van der Waals surface area contributed by atoms with Crippen LogP contribution in [0.3, 0.4) is 0 Å². The minimum Gasteiger partial charge on any atom is -0.479 e. The van der Waals surface area contributed by atoms with Gasteiger partial charge < -0.3 is 9.47 Å². The standard InChI is InChI=1S/C13H18O3/c1-5-15-13(14)11(4)16-12-7-6-9(2)10(3)8-12/h6-8,11H,5H2,1-4H3/t11-/m0/s1. The number of carbonyl (C=O) groups excluding carboxylic acids is 1. The lowest BCUT2D eigenvalue weighted by atomic mass is 10.1. The molecular formula is C13H18O3. The van der Waals surface area contributed by atoms with Gasteiger partial charge in [-0.05, 0) is 51.0 Å². The van der Waals surface area contributed by atoms with E-state index in [1.54, 1.807) is 13.8 Å². The lowest BCUT2D eigenvalue weighted by Crippen LogP contribution is -2.26. The second-order valence-corrected chi connectivity index (χ2v) is 3.76. The molecule has 0 amide bonds. The summed E-state index contributed by atoms with van der Waals surface area (Å²) in [6.07, 6.45) is -0.568. The number of hydrogen-bond donors (Lipinski definition) is 0. The second-order valence-electron chi connectivity index (χ2n) is 3.76. The Morgan fingerprint density at radius 3 is 2.56 bits per heavy atom. The molecule has 3 heteroatoms. The van der Waals surface area contributed by atoms with E-state index < -0.39 is 6.10 Å². The number of rotatable bonds is 4. The fourth-order valence-electron chi connectivity index (χ4n) is 1.30. The van der Waals surface area contributed by atoms with Gasteiger partial charge in [-0.3, -0.25) is 0 Å². The molecule has 1 aromatic carbocycles. The van der Waals surface area contributed by atoms with Crippen molar-refractivity contribution >= 4 is 5.97 Å². The van der Waals surface area contributed by atoms with Gasteiger partial charge in [-0.15, -0.1) is 0 Å². The van der Waals surface area contributed by atoms with Crippen molar-refractivity contribution in [3.05, 3.63) is 29.3 Å².